The van der Waals surface area contributed by atoms with Gasteiger partial charge in [0.1, 0.15) is 0 Å². The number of nitrogens with zero attached hydrogens (tertiary/aromatic N) is 1. The van der Waals surface area contributed by atoms with Gasteiger partial charge in [0.2, 0.25) is 0 Å². The van der Waals surface area contributed by atoms with Gasteiger partial charge in [-0.05, 0) is 19.0 Å². The highest BCUT2D eigenvalue weighted by Crippen LogP contribution is 2.20. The molecule has 2 rings (SSSR count). The van der Waals surface area contributed by atoms with E-state index >= 15 is 0 Å². The van der Waals surface area contributed by atoms with Crippen molar-refractivity contribution in [2.24, 2.45) is 0 Å². The highest BCUT2D eigenvalue weighted by Gasteiger charge is 2.11. The van der Waals surface area contributed by atoms with E-state index in [0.29, 0.717) is 6.04 Å². The molecule has 1 aromatic carbocycles. The number of aryl methyl sites for hydroxylation is 1. The fourth-order valence-corrected chi connectivity index (χ4v) is 2.78. The Morgan fingerprint density at radius 1 is 1.29 bits per heavy atom. The molecule has 17 heavy (non-hydrogen) atoms. The van der Waals surface area contributed by atoms with E-state index in [0.717, 1.165) is 12.8 Å². The van der Waals surface area contributed by atoms with Crippen LogP contribution in [0.3, 0.4) is 0 Å². The van der Waals surface area contributed by atoms with Gasteiger partial charge < -0.3 is 5.32 Å². The minimum atomic E-state index is 0.354. The predicted octanol–water partition coefficient (Wildman–Crippen LogP) is 3.21. The summed E-state index contributed by atoms with van der Waals surface area (Å²) in [6.45, 7) is 2.14. The summed E-state index contributed by atoms with van der Waals surface area (Å²) < 4.78 is 0. The maximum absolute atomic E-state index is 4.62. The number of benzene rings is 1. The van der Waals surface area contributed by atoms with Gasteiger partial charge in [0.15, 0.2) is 0 Å². The topological polar surface area (TPSA) is 24.9 Å². The zero-order valence-corrected chi connectivity index (χ0v) is 11.1. The van der Waals surface area contributed by atoms with E-state index in [1.165, 1.54) is 16.3 Å². The van der Waals surface area contributed by atoms with Gasteiger partial charge in [-0.3, -0.25) is 0 Å². The monoisotopic (exact) mass is 246 g/mol. The van der Waals surface area contributed by atoms with E-state index in [1.54, 1.807) is 11.3 Å². The van der Waals surface area contributed by atoms with Crippen molar-refractivity contribution in [1.82, 2.24) is 10.3 Å². The molecular formula is C14H18N2S. The molecule has 0 saturated heterocycles. The molecule has 0 aliphatic rings. The lowest BCUT2D eigenvalue weighted by atomic mass is 10.0. The van der Waals surface area contributed by atoms with E-state index in [-0.39, 0.29) is 0 Å². The summed E-state index contributed by atoms with van der Waals surface area (Å²) in [5.74, 6) is 0. The van der Waals surface area contributed by atoms with Crippen molar-refractivity contribution in [3.63, 3.8) is 0 Å². The Morgan fingerprint density at radius 3 is 2.65 bits per heavy atom. The molecular weight excluding hydrogens is 228 g/mol. The Balaban J connectivity index is 2.10. The van der Waals surface area contributed by atoms with Crippen LogP contribution < -0.4 is 5.32 Å². The average Bonchev–Trinajstić information content (AvgIpc) is 2.84. The number of hydrogen-bond donors (Lipinski definition) is 1. The average molecular weight is 246 g/mol. The Bertz CT molecular complexity index is 450. The van der Waals surface area contributed by atoms with Crippen molar-refractivity contribution in [2.75, 3.05) is 7.05 Å². The lowest BCUT2D eigenvalue weighted by Gasteiger charge is -2.14. The maximum atomic E-state index is 4.62. The molecule has 0 bridgehead atoms. The Labute approximate surface area is 107 Å². The summed E-state index contributed by atoms with van der Waals surface area (Å²) in [6.07, 6.45) is 1.98. The molecule has 1 unspecified atom stereocenters. The van der Waals surface area contributed by atoms with E-state index in [1.807, 2.05) is 7.05 Å². The molecule has 0 saturated carbocycles. The number of rotatable bonds is 5. The van der Waals surface area contributed by atoms with Crippen LogP contribution in [-0.4, -0.2) is 12.0 Å². The molecule has 3 heteroatoms. The molecule has 90 valence electrons. The smallest absolute Gasteiger partial charge is 0.0947 e. The minimum absolute atomic E-state index is 0.354. The van der Waals surface area contributed by atoms with Crippen LogP contribution in [0, 0.1) is 0 Å². The molecule has 1 aromatic heterocycles. The second kappa shape index (κ2) is 5.94. The Morgan fingerprint density at radius 2 is 2.06 bits per heavy atom. The van der Waals surface area contributed by atoms with Crippen molar-refractivity contribution < 1.29 is 0 Å². The van der Waals surface area contributed by atoms with Crippen LogP contribution in [0.4, 0.5) is 0 Å². The summed E-state index contributed by atoms with van der Waals surface area (Å²) >= 11 is 1.76. The number of likely N-dealkylation sites (N-methyl/N-ethyl adjacent to an activating group) is 1. The highest BCUT2D eigenvalue weighted by molar-refractivity contribution is 7.09. The van der Waals surface area contributed by atoms with Crippen molar-refractivity contribution >= 4 is 11.3 Å². The fraction of sp³-hybridized carbons (Fsp3) is 0.357. The third-order valence-electron chi connectivity index (χ3n) is 2.89. The third kappa shape index (κ3) is 3.14. The molecule has 2 aromatic rings. The highest BCUT2D eigenvalue weighted by atomic mass is 32.1. The molecule has 1 atom stereocenters. The van der Waals surface area contributed by atoms with Gasteiger partial charge in [-0.1, -0.05) is 37.3 Å². The molecule has 0 amide bonds. The van der Waals surface area contributed by atoms with Gasteiger partial charge in [-0.25, -0.2) is 4.98 Å². The maximum Gasteiger partial charge on any atom is 0.0947 e. The lowest BCUT2D eigenvalue weighted by Crippen LogP contribution is -2.18. The molecule has 1 heterocycles. The first-order chi connectivity index (χ1) is 8.33. The summed E-state index contributed by atoms with van der Waals surface area (Å²) in [4.78, 5) is 4.62. The Hall–Kier alpha value is -1.19. The van der Waals surface area contributed by atoms with Crippen molar-refractivity contribution in [3.05, 3.63) is 52.0 Å². The SMILES string of the molecule is CCc1csc(CC(NC)c2ccccc2)n1. The summed E-state index contributed by atoms with van der Waals surface area (Å²) in [7, 11) is 2.01. The molecule has 0 fully saturated rings. The van der Waals surface area contributed by atoms with E-state index in [4.69, 9.17) is 0 Å². The minimum Gasteiger partial charge on any atom is -0.313 e. The van der Waals surface area contributed by atoms with E-state index < -0.39 is 0 Å². The van der Waals surface area contributed by atoms with Gasteiger partial charge >= 0.3 is 0 Å². The summed E-state index contributed by atoms with van der Waals surface area (Å²) in [5.41, 5.74) is 2.52. The third-order valence-corrected chi connectivity index (χ3v) is 3.81. The van der Waals surface area contributed by atoms with Crippen LogP contribution in [0.5, 0.6) is 0 Å². The zero-order valence-electron chi connectivity index (χ0n) is 10.3. The van der Waals surface area contributed by atoms with Crippen LogP contribution in [0.25, 0.3) is 0 Å². The molecule has 2 nitrogen and oxygen atoms in total. The first-order valence-electron chi connectivity index (χ1n) is 5.99. The number of nitrogens with one attached hydrogen (secondary N) is 1. The van der Waals surface area contributed by atoms with Crippen LogP contribution in [0.1, 0.15) is 29.2 Å². The Kier molecular flexibility index (Phi) is 4.29. The molecule has 0 radical (unpaired) electrons. The van der Waals surface area contributed by atoms with Gasteiger partial charge in [-0.2, -0.15) is 0 Å². The van der Waals surface area contributed by atoms with Crippen molar-refractivity contribution in [1.29, 1.82) is 0 Å². The first kappa shape index (κ1) is 12.3. The van der Waals surface area contributed by atoms with Crippen LogP contribution in [-0.2, 0) is 12.8 Å². The number of aromatic nitrogens is 1. The van der Waals surface area contributed by atoms with E-state index in [2.05, 4.69) is 52.9 Å². The molecule has 1 N–H and O–H groups in total. The van der Waals surface area contributed by atoms with Gasteiger partial charge in [0, 0.05) is 17.8 Å². The van der Waals surface area contributed by atoms with Gasteiger partial charge in [0.05, 0.1) is 10.7 Å². The van der Waals surface area contributed by atoms with Crippen LogP contribution >= 0.6 is 11.3 Å². The molecule has 0 aliphatic heterocycles. The summed E-state index contributed by atoms with van der Waals surface area (Å²) in [5, 5.41) is 6.73. The van der Waals surface area contributed by atoms with E-state index in [9.17, 15) is 0 Å². The number of hydrogen-bond acceptors (Lipinski definition) is 3. The molecule has 0 aliphatic carbocycles. The lowest BCUT2D eigenvalue weighted by molar-refractivity contribution is 0.589. The second-order valence-corrected chi connectivity index (χ2v) is 4.98. The van der Waals surface area contributed by atoms with Crippen molar-refractivity contribution in [2.45, 2.75) is 25.8 Å². The zero-order chi connectivity index (χ0) is 12.1. The van der Waals surface area contributed by atoms with Crippen LogP contribution in [0.15, 0.2) is 35.7 Å². The largest absolute Gasteiger partial charge is 0.313 e. The fourth-order valence-electron chi connectivity index (χ4n) is 1.85. The predicted molar refractivity (Wildman–Crippen MR) is 73.4 cm³/mol. The second-order valence-electron chi connectivity index (χ2n) is 4.04. The standard InChI is InChI=1S/C14H18N2S/c1-3-12-10-17-14(16-12)9-13(15-2)11-7-5-4-6-8-11/h4-8,10,13,15H,3,9H2,1-2H3. The summed E-state index contributed by atoms with van der Waals surface area (Å²) in [6, 6.07) is 10.9. The van der Waals surface area contributed by atoms with Gasteiger partial charge in [0.25, 0.3) is 0 Å². The van der Waals surface area contributed by atoms with Crippen LogP contribution in [0.2, 0.25) is 0 Å². The van der Waals surface area contributed by atoms with Gasteiger partial charge in [-0.15, -0.1) is 11.3 Å². The normalized spacial score (nSPS) is 12.6. The first-order valence-corrected chi connectivity index (χ1v) is 6.87. The quantitative estimate of drug-likeness (QED) is 0.876. The number of thiazole rings is 1. The molecule has 0 spiro atoms. The van der Waals surface area contributed by atoms with Crippen molar-refractivity contribution in [3.8, 4) is 0 Å².